The zero-order valence-corrected chi connectivity index (χ0v) is 9.73. The molecule has 0 heterocycles. The largest absolute Gasteiger partial charge is 0.465 e. The van der Waals surface area contributed by atoms with E-state index < -0.39 is 0 Å². The minimum atomic E-state index is -0.194. The van der Waals surface area contributed by atoms with Crippen LogP contribution in [0.3, 0.4) is 0 Å². The first-order chi connectivity index (χ1) is 6.76. The molecule has 0 aromatic carbocycles. The lowest BCUT2D eigenvalue weighted by molar-refractivity contribution is -0.145. The minimum absolute atomic E-state index is 0.164. The van der Waals surface area contributed by atoms with E-state index in [1.54, 1.807) is 17.8 Å². The van der Waals surface area contributed by atoms with E-state index in [-0.39, 0.29) is 12.0 Å². The van der Waals surface area contributed by atoms with Gasteiger partial charge in [-0.05, 0) is 25.4 Å². The molecule has 0 spiro atoms. The van der Waals surface area contributed by atoms with Crippen molar-refractivity contribution in [2.24, 2.45) is 0 Å². The Kier molecular flexibility index (Phi) is 8.78. The summed E-state index contributed by atoms with van der Waals surface area (Å²) in [5, 5.41) is 3.08. The zero-order chi connectivity index (χ0) is 10.8. The second kappa shape index (κ2) is 9.09. The van der Waals surface area contributed by atoms with Crippen LogP contribution >= 0.6 is 11.8 Å². The van der Waals surface area contributed by atoms with Crippen molar-refractivity contribution in [2.45, 2.75) is 19.4 Å². The quantitative estimate of drug-likeness (QED) is 0.493. The van der Waals surface area contributed by atoms with Gasteiger partial charge < -0.3 is 10.1 Å². The third-order valence-electron chi connectivity index (χ3n) is 1.69. The number of carbonyl (C=O) groups excluding carboxylic acids is 1. The Balaban J connectivity index is 3.93. The van der Waals surface area contributed by atoms with Crippen LogP contribution in [0.2, 0.25) is 0 Å². The van der Waals surface area contributed by atoms with Crippen molar-refractivity contribution in [3.63, 3.8) is 0 Å². The Morgan fingerprint density at radius 1 is 1.71 bits per heavy atom. The molecule has 0 aliphatic carbocycles. The highest BCUT2D eigenvalue weighted by atomic mass is 32.2. The summed E-state index contributed by atoms with van der Waals surface area (Å²) in [7, 11) is 0. The molecule has 0 saturated heterocycles. The third kappa shape index (κ3) is 6.05. The van der Waals surface area contributed by atoms with Gasteiger partial charge in [0.25, 0.3) is 0 Å². The van der Waals surface area contributed by atoms with Gasteiger partial charge in [0.05, 0.1) is 6.61 Å². The monoisotopic (exact) mass is 217 g/mol. The van der Waals surface area contributed by atoms with Crippen molar-refractivity contribution in [3.05, 3.63) is 12.7 Å². The summed E-state index contributed by atoms with van der Waals surface area (Å²) < 4.78 is 4.95. The molecular weight excluding hydrogens is 198 g/mol. The molecule has 0 rings (SSSR count). The molecule has 0 amide bonds. The molecule has 82 valence electrons. The minimum Gasteiger partial charge on any atom is -0.465 e. The topological polar surface area (TPSA) is 38.3 Å². The van der Waals surface area contributed by atoms with Crippen LogP contribution in [0.15, 0.2) is 12.7 Å². The summed E-state index contributed by atoms with van der Waals surface area (Å²) in [5.74, 6) is 0.788. The Bertz CT molecular complexity index is 174. The van der Waals surface area contributed by atoms with E-state index in [2.05, 4.69) is 11.9 Å². The second-order valence-electron chi connectivity index (χ2n) is 2.78. The Morgan fingerprint density at radius 3 is 2.93 bits per heavy atom. The Morgan fingerprint density at radius 2 is 2.43 bits per heavy atom. The first-order valence-electron chi connectivity index (χ1n) is 4.76. The van der Waals surface area contributed by atoms with Crippen LogP contribution in [-0.4, -0.2) is 37.2 Å². The van der Waals surface area contributed by atoms with Gasteiger partial charge in [0.1, 0.15) is 6.04 Å². The first-order valence-corrected chi connectivity index (χ1v) is 6.15. The maximum atomic E-state index is 11.4. The van der Waals surface area contributed by atoms with Crippen molar-refractivity contribution in [1.82, 2.24) is 5.32 Å². The molecule has 0 aromatic heterocycles. The van der Waals surface area contributed by atoms with Crippen LogP contribution in [0.5, 0.6) is 0 Å². The van der Waals surface area contributed by atoms with Gasteiger partial charge in [-0.3, -0.25) is 4.79 Å². The van der Waals surface area contributed by atoms with Crippen LogP contribution in [0, 0.1) is 0 Å². The van der Waals surface area contributed by atoms with Crippen LogP contribution in [-0.2, 0) is 9.53 Å². The molecule has 3 nitrogen and oxygen atoms in total. The molecule has 0 aliphatic rings. The molecule has 14 heavy (non-hydrogen) atoms. The van der Waals surface area contributed by atoms with Crippen molar-refractivity contribution in [2.75, 3.05) is 25.2 Å². The average molecular weight is 217 g/mol. The molecule has 0 radical (unpaired) electrons. The van der Waals surface area contributed by atoms with E-state index >= 15 is 0 Å². The second-order valence-corrected chi connectivity index (χ2v) is 3.77. The number of hydrogen-bond donors (Lipinski definition) is 1. The van der Waals surface area contributed by atoms with Gasteiger partial charge in [0.2, 0.25) is 0 Å². The number of carbonyl (C=O) groups is 1. The SMILES string of the molecule is C=CCNC(CCSC)C(=O)OCC. The van der Waals surface area contributed by atoms with Gasteiger partial charge in [-0.15, -0.1) is 6.58 Å². The predicted octanol–water partition coefficient (Wildman–Crippen LogP) is 1.45. The lowest BCUT2D eigenvalue weighted by Gasteiger charge is -2.15. The highest BCUT2D eigenvalue weighted by Crippen LogP contribution is 2.02. The fourth-order valence-corrected chi connectivity index (χ4v) is 1.48. The maximum Gasteiger partial charge on any atom is 0.323 e. The van der Waals surface area contributed by atoms with Gasteiger partial charge >= 0.3 is 5.97 Å². The molecule has 0 aromatic rings. The van der Waals surface area contributed by atoms with E-state index in [0.29, 0.717) is 13.2 Å². The molecule has 1 unspecified atom stereocenters. The molecular formula is C10H19NO2S. The normalized spacial score (nSPS) is 12.1. The Labute approximate surface area is 90.3 Å². The highest BCUT2D eigenvalue weighted by molar-refractivity contribution is 7.98. The smallest absolute Gasteiger partial charge is 0.323 e. The van der Waals surface area contributed by atoms with E-state index in [0.717, 1.165) is 12.2 Å². The summed E-state index contributed by atoms with van der Waals surface area (Å²) >= 11 is 1.73. The first kappa shape index (κ1) is 13.5. The standard InChI is InChI=1S/C10H19NO2S/c1-4-7-11-9(6-8-14-3)10(12)13-5-2/h4,9,11H,1,5-8H2,2-3H3. The van der Waals surface area contributed by atoms with Crippen molar-refractivity contribution in [3.8, 4) is 0 Å². The molecule has 0 aliphatic heterocycles. The van der Waals surface area contributed by atoms with Crippen LogP contribution in [0.1, 0.15) is 13.3 Å². The number of nitrogens with one attached hydrogen (secondary N) is 1. The van der Waals surface area contributed by atoms with Crippen LogP contribution in [0.4, 0.5) is 0 Å². The average Bonchev–Trinajstić information content (AvgIpc) is 2.18. The van der Waals surface area contributed by atoms with E-state index in [9.17, 15) is 4.79 Å². The van der Waals surface area contributed by atoms with E-state index in [1.165, 1.54) is 0 Å². The van der Waals surface area contributed by atoms with Gasteiger partial charge in [0.15, 0.2) is 0 Å². The number of hydrogen-bond acceptors (Lipinski definition) is 4. The van der Waals surface area contributed by atoms with Crippen molar-refractivity contribution in [1.29, 1.82) is 0 Å². The number of rotatable bonds is 8. The molecule has 1 atom stereocenters. The molecule has 0 fully saturated rings. The lowest BCUT2D eigenvalue weighted by atomic mass is 10.2. The van der Waals surface area contributed by atoms with Crippen LogP contribution < -0.4 is 5.32 Å². The zero-order valence-electron chi connectivity index (χ0n) is 8.91. The number of thioether (sulfide) groups is 1. The third-order valence-corrected chi connectivity index (χ3v) is 2.33. The van der Waals surface area contributed by atoms with Gasteiger partial charge in [-0.2, -0.15) is 11.8 Å². The van der Waals surface area contributed by atoms with Gasteiger partial charge in [0, 0.05) is 6.54 Å². The van der Waals surface area contributed by atoms with Crippen molar-refractivity contribution >= 4 is 17.7 Å². The fraction of sp³-hybridized carbons (Fsp3) is 0.700. The summed E-state index contributed by atoms with van der Waals surface area (Å²) in [5.41, 5.74) is 0. The van der Waals surface area contributed by atoms with Gasteiger partial charge in [-0.25, -0.2) is 0 Å². The summed E-state index contributed by atoms with van der Waals surface area (Å²) in [6.07, 6.45) is 4.56. The maximum absolute atomic E-state index is 11.4. The summed E-state index contributed by atoms with van der Waals surface area (Å²) in [6, 6.07) is -0.194. The number of esters is 1. The van der Waals surface area contributed by atoms with E-state index in [4.69, 9.17) is 4.74 Å². The molecule has 1 N–H and O–H groups in total. The Hall–Kier alpha value is -0.480. The lowest BCUT2D eigenvalue weighted by Crippen LogP contribution is -2.38. The molecule has 4 heteroatoms. The summed E-state index contributed by atoms with van der Waals surface area (Å²) in [4.78, 5) is 11.4. The molecule has 0 bridgehead atoms. The molecule has 0 saturated carbocycles. The van der Waals surface area contributed by atoms with Gasteiger partial charge in [-0.1, -0.05) is 6.08 Å². The van der Waals surface area contributed by atoms with E-state index in [1.807, 2.05) is 13.2 Å². The van der Waals surface area contributed by atoms with Crippen LogP contribution in [0.25, 0.3) is 0 Å². The van der Waals surface area contributed by atoms with Crippen molar-refractivity contribution < 1.29 is 9.53 Å². The fourth-order valence-electron chi connectivity index (χ4n) is 1.01. The summed E-state index contributed by atoms with van der Waals surface area (Å²) in [6.45, 7) is 6.49. The number of ether oxygens (including phenoxy) is 1. The predicted molar refractivity (Wildman–Crippen MR) is 61.6 cm³/mol. The highest BCUT2D eigenvalue weighted by Gasteiger charge is 2.17.